The Hall–Kier alpha value is -1.63. The van der Waals surface area contributed by atoms with Crippen LogP contribution < -0.4 is 10.6 Å². The molecule has 1 aromatic rings. The lowest BCUT2D eigenvalue weighted by atomic mass is 9.92. The molecule has 24 heavy (non-hydrogen) atoms. The number of rotatable bonds is 4. The van der Waals surface area contributed by atoms with Crippen LogP contribution >= 0.6 is 0 Å². The van der Waals surface area contributed by atoms with Gasteiger partial charge in [0, 0.05) is 32.7 Å². The molecule has 1 aromatic heterocycles. The van der Waals surface area contributed by atoms with E-state index in [1.165, 1.54) is 51.5 Å². The highest BCUT2D eigenvalue weighted by atomic mass is 15.3. The summed E-state index contributed by atoms with van der Waals surface area (Å²) in [6.45, 7) is 3.03. The van der Waals surface area contributed by atoms with Crippen LogP contribution in [-0.2, 0) is 13.6 Å². The van der Waals surface area contributed by atoms with E-state index in [1.54, 1.807) is 11.0 Å². The molecule has 1 saturated heterocycles. The Balaban J connectivity index is 1.48. The van der Waals surface area contributed by atoms with Gasteiger partial charge >= 0.3 is 0 Å². The molecule has 3 rings (SSSR count). The summed E-state index contributed by atoms with van der Waals surface area (Å²) in [5.41, 5.74) is 0. The van der Waals surface area contributed by atoms with E-state index in [0.717, 1.165) is 24.4 Å². The van der Waals surface area contributed by atoms with Crippen molar-refractivity contribution >= 4 is 5.96 Å². The van der Waals surface area contributed by atoms with Crippen LogP contribution in [0.4, 0.5) is 0 Å². The normalized spacial score (nSPS) is 24.1. The van der Waals surface area contributed by atoms with E-state index in [1.807, 2.05) is 14.1 Å². The third-order valence-corrected chi connectivity index (χ3v) is 5.33. The molecule has 0 radical (unpaired) electrons. The van der Waals surface area contributed by atoms with Crippen molar-refractivity contribution in [2.75, 3.05) is 20.1 Å². The molecule has 2 fully saturated rings. The summed E-state index contributed by atoms with van der Waals surface area (Å²) in [5.74, 6) is 1.76. The summed E-state index contributed by atoms with van der Waals surface area (Å²) in [7, 11) is 3.73. The van der Waals surface area contributed by atoms with Gasteiger partial charge in [0.05, 0.1) is 6.54 Å². The molecule has 1 unspecified atom stereocenters. The van der Waals surface area contributed by atoms with Crippen molar-refractivity contribution in [1.29, 1.82) is 0 Å². The molecule has 0 aromatic carbocycles. The van der Waals surface area contributed by atoms with Gasteiger partial charge in [0.2, 0.25) is 0 Å². The molecule has 2 aliphatic rings. The number of aliphatic imine (C=N–C) groups is 1. The largest absolute Gasteiger partial charge is 0.352 e. The number of nitrogens with zero attached hydrogens (tertiary/aromatic N) is 5. The van der Waals surface area contributed by atoms with E-state index in [9.17, 15) is 0 Å². The molecule has 0 bridgehead atoms. The molecule has 1 aliphatic carbocycles. The van der Waals surface area contributed by atoms with Crippen LogP contribution in [0.1, 0.15) is 50.8 Å². The zero-order valence-corrected chi connectivity index (χ0v) is 15.0. The van der Waals surface area contributed by atoms with Gasteiger partial charge in [-0.15, -0.1) is 0 Å². The fourth-order valence-electron chi connectivity index (χ4n) is 3.93. The highest BCUT2D eigenvalue weighted by molar-refractivity contribution is 5.79. The number of likely N-dealkylation sites (tertiary alicyclic amines) is 1. The maximum atomic E-state index is 4.37. The Bertz CT molecular complexity index is 533. The first-order valence-corrected chi connectivity index (χ1v) is 9.30. The number of nitrogens with one attached hydrogen (secondary N) is 2. The molecule has 1 saturated carbocycles. The fraction of sp³-hybridized carbons (Fsp3) is 0.824. The van der Waals surface area contributed by atoms with E-state index < -0.39 is 0 Å². The van der Waals surface area contributed by atoms with Crippen LogP contribution in [0.2, 0.25) is 0 Å². The topological polar surface area (TPSA) is 70.4 Å². The molecular weight excluding hydrogens is 302 g/mol. The zero-order chi connectivity index (χ0) is 16.8. The van der Waals surface area contributed by atoms with Crippen molar-refractivity contribution in [3.8, 4) is 0 Å². The minimum atomic E-state index is 0.478. The van der Waals surface area contributed by atoms with Crippen molar-refractivity contribution in [3.63, 3.8) is 0 Å². The molecule has 7 heteroatoms. The molecule has 2 heterocycles. The lowest BCUT2D eigenvalue weighted by molar-refractivity contribution is 0.115. The Kier molecular flexibility index (Phi) is 6.07. The molecular formula is C17H31N7. The summed E-state index contributed by atoms with van der Waals surface area (Å²) in [6.07, 6.45) is 11.1. The lowest BCUT2D eigenvalue weighted by Gasteiger charge is -2.40. The third-order valence-electron chi connectivity index (χ3n) is 5.33. The second-order valence-corrected chi connectivity index (χ2v) is 7.00. The van der Waals surface area contributed by atoms with Crippen molar-refractivity contribution in [2.24, 2.45) is 12.0 Å². The number of hydrogen-bond acceptors (Lipinski definition) is 4. The fourth-order valence-corrected chi connectivity index (χ4v) is 3.93. The summed E-state index contributed by atoms with van der Waals surface area (Å²) in [6, 6.07) is 1.28. The van der Waals surface area contributed by atoms with E-state index >= 15 is 0 Å². The van der Waals surface area contributed by atoms with Gasteiger partial charge in [0.15, 0.2) is 5.96 Å². The van der Waals surface area contributed by atoms with Gasteiger partial charge in [-0.05, 0) is 32.2 Å². The first-order valence-electron chi connectivity index (χ1n) is 9.30. The second kappa shape index (κ2) is 8.46. The van der Waals surface area contributed by atoms with Crippen LogP contribution in [0.15, 0.2) is 11.3 Å². The number of aryl methyl sites for hydroxylation is 1. The maximum absolute atomic E-state index is 4.37. The van der Waals surface area contributed by atoms with Gasteiger partial charge in [-0.1, -0.05) is 19.3 Å². The van der Waals surface area contributed by atoms with Gasteiger partial charge in [0.25, 0.3) is 0 Å². The molecule has 7 nitrogen and oxygen atoms in total. The number of aromatic nitrogens is 3. The van der Waals surface area contributed by atoms with Gasteiger partial charge in [-0.3, -0.25) is 14.6 Å². The standard InChI is InChI=1S/C17H31N7/c1-18-17(19-11-16-20-13-21-23(16)2)22-14-7-6-10-24(12-14)15-8-4-3-5-9-15/h13-15H,3-12H2,1-2H3,(H2,18,19,22). The summed E-state index contributed by atoms with van der Waals surface area (Å²) < 4.78 is 1.78. The van der Waals surface area contributed by atoms with E-state index in [-0.39, 0.29) is 0 Å². The quantitative estimate of drug-likeness (QED) is 0.641. The van der Waals surface area contributed by atoms with Crippen molar-refractivity contribution in [2.45, 2.75) is 63.6 Å². The molecule has 134 valence electrons. The third kappa shape index (κ3) is 4.47. The summed E-state index contributed by atoms with van der Waals surface area (Å²) in [5, 5.41) is 11.0. The summed E-state index contributed by atoms with van der Waals surface area (Å²) in [4.78, 5) is 11.3. The Morgan fingerprint density at radius 3 is 2.79 bits per heavy atom. The summed E-state index contributed by atoms with van der Waals surface area (Å²) >= 11 is 0. The molecule has 1 aliphatic heterocycles. The Morgan fingerprint density at radius 1 is 1.25 bits per heavy atom. The van der Waals surface area contributed by atoms with Crippen LogP contribution in [0.5, 0.6) is 0 Å². The van der Waals surface area contributed by atoms with Crippen LogP contribution in [0.3, 0.4) is 0 Å². The SMILES string of the molecule is CN=C(NCc1ncnn1C)NC1CCCN(C2CCCCC2)C1. The minimum Gasteiger partial charge on any atom is -0.352 e. The molecule has 2 N–H and O–H groups in total. The van der Waals surface area contributed by atoms with E-state index in [2.05, 4.69) is 30.6 Å². The first-order chi connectivity index (χ1) is 11.8. The van der Waals surface area contributed by atoms with Crippen molar-refractivity contribution in [3.05, 3.63) is 12.2 Å². The first kappa shape index (κ1) is 17.2. The minimum absolute atomic E-state index is 0.478. The van der Waals surface area contributed by atoms with Gasteiger partial charge < -0.3 is 10.6 Å². The van der Waals surface area contributed by atoms with Crippen LogP contribution in [0.25, 0.3) is 0 Å². The van der Waals surface area contributed by atoms with Gasteiger partial charge in [0.1, 0.15) is 12.2 Å². The van der Waals surface area contributed by atoms with Crippen molar-refractivity contribution < 1.29 is 0 Å². The molecule has 0 spiro atoms. The number of guanidine groups is 1. The molecule has 1 atom stereocenters. The van der Waals surface area contributed by atoms with Crippen LogP contribution in [-0.4, -0.2) is 57.8 Å². The lowest BCUT2D eigenvalue weighted by Crippen LogP contribution is -2.53. The average Bonchev–Trinajstić information content (AvgIpc) is 3.04. The smallest absolute Gasteiger partial charge is 0.191 e. The van der Waals surface area contributed by atoms with Gasteiger partial charge in [-0.2, -0.15) is 5.10 Å². The monoisotopic (exact) mass is 333 g/mol. The second-order valence-electron chi connectivity index (χ2n) is 7.00. The average molecular weight is 333 g/mol. The highest BCUT2D eigenvalue weighted by Crippen LogP contribution is 2.25. The van der Waals surface area contributed by atoms with E-state index in [0.29, 0.717) is 12.6 Å². The molecule has 0 amide bonds. The Labute approximate surface area is 144 Å². The predicted octanol–water partition coefficient (Wildman–Crippen LogP) is 1.28. The Morgan fingerprint density at radius 2 is 2.08 bits per heavy atom. The number of piperidine rings is 1. The van der Waals surface area contributed by atoms with Crippen molar-refractivity contribution in [1.82, 2.24) is 30.3 Å². The maximum Gasteiger partial charge on any atom is 0.191 e. The predicted molar refractivity (Wildman–Crippen MR) is 95.8 cm³/mol. The highest BCUT2D eigenvalue weighted by Gasteiger charge is 2.27. The number of hydrogen-bond donors (Lipinski definition) is 2. The van der Waals surface area contributed by atoms with Crippen LogP contribution in [0, 0.1) is 0 Å². The zero-order valence-electron chi connectivity index (χ0n) is 15.0. The van der Waals surface area contributed by atoms with Gasteiger partial charge in [-0.25, -0.2) is 4.98 Å². The van der Waals surface area contributed by atoms with E-state index in [4.69, 9.17) is 0 Å².